The monoisotopic (exact) mass is 199 g/mol. The van der Waals surface area contributed by atoms with E-state index in [-0.39, 0.29) is 0 Å². The third-order valence-corrected chi connectivity index (χ3v) is 2.93. The SMILES string of the molecule is CCCCCCCNC(CC)C(C)C. The van der Waals surface area contributed by atoms with Gasteiger partial charge in [0.2, 0.25) is 0 Å². The topological polar surface area (TPSA) is 12.0 Å². The normalized spacial score (nSPS) is 13.5. The Morgan fingerprint density at radius 1 is 0.929 bits per heavy atom. The third-order valence-electron chi connectivity index (χ3n) is 2.93. The molecule has 0 saturated heterocycles. The molecule has 14 heavy (non-hydrogen) atoms. The molecule has 1 N–H and O–H groups in total. The van der Waals surface area contributed by atoms with Crippen LogP contribution in [-0.4, -0.2) is 12.6 Å². The van der Waals surface area contributed by atoms with Crippen molar-refractivity contribution >= 4 is 0 Å². The molecule has 0 aromatic heterocycles. The zero-order valence-electron chi connectivity index (χ0n) is 10.6. The van der Waals surface area contributed by atoms with Crippen molar-refractivity contribution in [1.29, 1.82) is 0 Å². The van der Waals surface area contributed by atoms with Gasteiger partial charge in [-0.3, -0.25) is 0 Å². The molecule has 1 unspecified atom stereocenters. The van der Waals surface area contributed by atoms with Crippen LogP contribution in [0.4, 0.5) is 0 Å². The van der Waals surface area contributed by atoms with Gasteiger partial charge < -0.3 is 5.32 Å². The Balaban J connectivity index is 3.25. The largest absolute Gasteiger partial charge is 0.314 e. The van der Waals surface area contributed by atoms with Crippen molar-refractivity contribution in [2.75, 3.05) is 6.54 Å². The minimum atomic E-state index is 0.723. The van der Waals surface area contributed by atoms with E-state index in [2.05, 4.69) is 33.0 Å². The second-order valence-corrected chi connectivity index (χ2v) is 4.63. The van der Waals surface area contributed by atoms with E-state index in [4.69, 9.17) is 0 Å². The summed E-state index contributed by atoms with van der Waals surface area (Å²) in [6.45, 7) is 10.4. The Bertz CT molecular complexity index is 110. The van der Waals surface area contributed by atoms with Crippen LogP contribution in [0, 0.1) is 5.92 Å². The number of rotatable bonds is 9. The summed E-state index contributed by atoms with van der Waals surface area (Å²) in [5.41, 5.74) is 0. The van der Waals surface area contributed by atoms with Crippen LogP contribution >= 0.6 is 0 Å². The summed E-state index contributed by atoms with van der Waals surface area (Å²) in [5.74, 6) is 0.774. The lowest BCUT2D eigenvalue weighted by Gasteiger charge is -2.20. The molecule has 1 heteroatoms. The van der Waals surface area contributed by atoms with Gasteiger partial charge in [-0.05, 0) is 25.3 Å². The van der Waals surface area contributed by atoms with Gasteiger partial charge in [-0.2, -0.15) is 0 Å². The highest BCUT2D eigenvalue weighted by atomic mass is 14.9. The molecule has 0 aliphatic carbocycles. The molecule has 0 saturated carbocycles. The standard InChI is InChI=1S/C13H29N/c1-5-7-8-9-10-11-14-13(6-2)12(3)4/h12-14H,5-11H2,1-4H3. The highest BCUT2D eigenvalue weighted by Crippen LogP contribution is 2.06. The Kier molecular flexibility index (Phi) is 9.49. The highest BCUT2D eigenvalue weighted by Gasteiger charge is 2.08. The molecule has 0 spiro atoms. The molecular weight excluding hydrogens is 170 g/mol. The molecule has 0 bridgehead atoms. The Morgan fingerprint density at radius 3 is 2.07 bits per heavy atom. The Hall–Kier alpha value is -0.0400. The van der Waals surface area contributed by atoms with E-state index >= 15 is 0 Å². The average Bonchev–Trinajstić information content (AvgIpc) is 2.16. The van der Waals surface area contributed by atoms with E-state index < -0.39 is 0 Å². The molecule has 0 amide bonds. The first-order valence-corrected chi connectivity index (χ1v) is 6.45. The summed E-state index contributed by atoms with van der Waals surface area (Å²) in [6.07, 6.45) is 8.17. The smallest absolute Gasteiger partial charge is 0.00874 e. The van der Waals surface area contributed by atoms with Crippen LogP contribution in [0.1, 0.15) is 66.2 Å². The second kappa shape index (κ2) is 9.51. The zero-order chi connectivity index (χ0) is 10.8. The lowest BCUT2D eigenvalue weighted by molar-refractivity contribution is 0.383. The molecule has 0 aromatic carbocycles. The molecule has 0 aliphatic rings. The first kappa shape index (κ1) is 14.0. The maximum Gasteiger partial charge on any atom is 0.00874 e. The highest BCUT2D eigenvalue weighted by molar-refractivity contribution is 4.67. The number of nitrogens with one attached hydrogen (secondary N) is 1. The maximum absolute atomic E-state index is 3.65. The van der Waals surface area contributed by atoms with E-state index in [1.165, 1.54) is 45.1 Å². The molecule has 0 fully saturated rings. The summed E-state index contributed by atoms with van der Waals surface area (Å²) in [5, 5.41) is 3.65. The zero-order valence-corrected chi connectivity index (χ0v) is 10.6. The predicted molar refractivity (Wildman–Crippen MR) is 65.7 cm³/mol. The van der Waals surface area contributed by atoms with Crippen molar-refractivity contribution < 1.29 is 0 Å². The maximum atomic E-state index is 3.65. The van der Waals surface area contributed by atoms with Gasteiger partial charge in [-0.15, -0.1) is 0 Å². The first-order valence-electron chi connectivity index (χ1n) is 6.45. The van der Waals surface area contributed by atoms with Crippen molar-refractivity contribution in [1.82, 2.24) is 5.32 Å². The average molecular weight is 199 g/mol. The molecule has 1 atom stereocenters. The van der Waals surface area contributed by atoms with Crippen LogP contribution in [0.25, 0.3) is 0 Å². The summed E-state index contributed by atoms with van der Waals surface area (Å²) in [4.78, 5) is 0. The van der Waals surface area contributed by atoms with Crippen LogP contribution in [0.5, 0.6) is 0 Å². The fourth-order valence-electron chi connectivity index (χ4n) is 1.87. The third kappa shape index (κ3) is 7.37. The van der Waals surface area contributed by atoms with Gasteiger partial charge in [0.25, 0.3) is 0 Å². The summed E-state index contributed by atoms with van der Waals surface area (Å²) in [6, 6.07) is 0.723. The van der Waals surface area contributed by atoms with E-state index in [1.807, 2.05) is 0 Å². The van der Waals surface area contributed by atoms with Crippen molar-refractivity contribution in [3.8, 4) is 0 Å². The molecule has 0 aliphatic heterocycles. The van der Waals surface area contributed by atoms with E-state index in [1.54, 1.807) is 0 Å². The van der Waals surface area contributed by atoms with Gasteiger partial charge in [0.15, 0.2) is 0 Å². The number of unbranched alkanes of at least 4 members (excludes halogenated alkanes) is 4. The van der Waals surface area contributed by atoms with Gasteiger partial charge in [0, 0.05) is 6.04 Å². The quantitative estimate of drug-likeness (QED) is 0.554. The van der Waals surface area contributed by atoms with Crippen LogP contribution < -0.4 is 5.32 Å². The second-order valence-electron chi connectivity index (χ2n) is 4.63. The number of hydrogen-bond acceptors (Lipinski definition) is 1. The summed E-state index contributed by atoms with van der Waals surface area (Å²) < 4.78 is 0. The predicted octanol–water partition coefficient (Wildman–Crippen LogP) is 3.98. The van der Waals surface area contributed by atoms with Crippen LogP contribution in [0.3, 0.4) is 0 Å². The van der Waals surface area contributed by atoms with Gasteiger partial charge >= 0.3 is 0 Å². The van der Waals surface area contributed by atoms with Gasteiger partial charge in [0.1, 0.15) is 0 Å². The molecular formula is C13H29N. The van der Waals surface area contributed by atoms with E-state index in [0.717, 1.165) is 12.0 Å². The van der Waals surface area contributed by atoms with E-state index in [0.29, 0.717) is 0 Å². The van der Waals surface area contributed by atoms with Gasteiger partial charge in [-0.1, -0.05) is 53.4 Å². The fourth-order valence-corrected chi connectivity index (χ4v) is 1.87. The summed E-state index contributed by atoms with van der Waals surface area (Å²) in [7, 11) is 0. The van der Waals surface area contributed by atoms with Crippen LogP contribution in [-0.2, 0) is 0 Å². The molecule has 0 rings (SSSR count). The first-order chi connectivity index (χ1) is 6.72. The minimum Gasteiger partial charge on any atom is -0.314 e. The molecule has 1 nitrogen and oxygen atoms in total. The lowest BCUT2D eigenvalue weighted by atomic mass is 10.0. The minimum absolute atomic E-state index is 0.723. The molecule has 0 heterocycles. The molecule has 86 valence electrons. The summed E-state index contributed by atoms with van der Waals surface area (Å²) >= 11 is 0. The van der Waals surface area contributed by atoms with Crippen molar-refractivity contribution in [2.24, 2.45) is 5.92 Å². The molecule has 0 aromatic rings. The molecule has 0 radical (unpaired) electrons. The Morgan fingerprint density at radius 2 is 1.57 bits per heavy atom. The van der Waals surface area contributed by atoms with E-state index in [9.17, 15) is 0 Å². The lowest BCUT2D eigenvalue weighted by Crippen LogP contribution is -2.33. The van der Waals surface area contributed by atoms with Crippen LogP contribution in [0.2, 0.25) is 0 Å². The number of hydrogen-bond donors (Lipinski definition) is 1. The fraction of sp³-hybridized carbons (Fsp3) is 1.00. The van der Waals surface area contributed by atoms with Crippen molar-refractivity contribution in [3.05, 3.63) is 0 Å². The van der Waals surface area contributed by atoms with Crippen molar-refractivity contribution in [2.45, 2.75) is 72.3 Å². The van der Waals surface area contributed by atoms with Crippen LogP contribution in [0.15, 0.2) is 0 Å². The van der Waals surface area contributed by atoms with Gasteiger partial charge in [-0.25, -0.2) is 0 Å². The van der Waals surface area contributed by atoms with Gasteiger partial charge in [0.05, 0.1) is 0 Å². The van der Waals surface area contributed by atoms with Crippen molar-refractivity contribution in [3.63, 3.8) is 0 Å². The Labute approximate surface area is 90.7 Å².